The molecular weight excluding hydrogens is 220 g/mol. The molecule has 0 bridgehead atoms. The molecule has 2 rings (SSSR count). The summed E-state index contributed by atoms with van der Waals surface area (Å²) < 4.78 is 0. The molecule has 1 atom stereocenters. The fourth-order valence-corrected chi connectivity index (χ4v) is 2.79. The van der Waals surface area contributed by atoms with E-state index in [1.807, 2.05) is 0 Å². The molecule has 0 radical (unpaired) electrons. The summed E-state index contributed by atoms with van der Waals surface area (Å²) in [5.41, 5.74) is 0. The number of likely N-dealkylation sites (tertiary alicyclic amines) is 1. The molecule has 1 aromatic heterocycles. The molecule has 0 amide bonds. The van der Waals surface area contributed by atoms with E-state index in [2.05, 4.69) is 34.3 Å². The van der Waals surface area contributed by atoms with Crippen molar-refractivity contribution in [2.45, 2.75) is 33.2 Å². The van der Waals surface area contributed by atoms with Crippen molar-refractivity contribution < 1.29 is 0 Å². The van der Waals surface area contributed by atoms with Gasteiger partial charge in [0.2, 0.25) is 5.13 Å². The van der Waals surface area contributed by atoms with Crippen LogP contribution in [0.5, 0.6) is 0 Å². The van der Waals surface area contributed by atoms with E-state index < -0.39 is 0 Å². The number of nitrogens with zero attached hydrogens (tertiary/aromatic N) is 3. The lowest BCUT2D eigenvalue weighted by atomic mass is 10.2. The van der Waals surface area contributed by atoms with Crippen molar-refractivity contribution in [1.29, 1.82) is 0 Å². The first-order valence-electron chi connectivity index (χ1n) is 6.06. The van der Waals surface area contributed by atoms with Gasteiger partial charge in [-0.25, -0.2) is 0 Å². The molecule has 1 aliphatic rings. The van der Waals surface area contributed by atoms with Gasteiger partial charge < -0.3 is 5.32 Å². The van der Waals surface area contributed by atoms with Crippen molar-refractivity contribution in [3.63, 3.8) is 0 Å². The SMILES string of the molecule is CCCNc1nnc(CN2CCC(C)C2)s1. The summed E-state index contributed by atoms with van der Waals surface area (Å²) in [5, 5.41) is 13.7. The third kappa shape index (κ3) is 3.15. The maximum absolute atomic E-state index is 4.22. The van der Waals surface area contributed by atoms with Gasteiger partial charge in [-0.1, -0.05) is 25.2 Å². The van der Waals surface area contributed by atoms with E-state index in [9.17, 15) is 0 Å². The number of nitrogens with one attached hydrogen (secondary N) is 1. The van der Waals surface area contributed by atoms with Gasteiger partial charge in [0, 0.05) is 13.1 Å². The van der Waals surface area contributed by atoms with Gasteiger partial charge in [-0.15, -0.1) is 10.2 Å². The second-order valence-corrected chi connectivity index (χ2v) is 5.62. The zero-order chi connectivity index (χ0) is 11.4. The Morgan fingerprint density at radius 2 is 2.38 bits per heavy atom. The monoisotopic (exact) mass is 240 g/mol. The highest BCUT2D eigenvalue weighted by atomic mass is 32.1. The molecule has 0 saturated carbocycles. The highest BCUT2D eigenvalue weighted by Crippen LogP contribution is 2.21. The highest BCUT2D eigenvalue weighted by molar-refractivity contribution is 7.15. The van der Waals surface area contributed by atoms with Gasteiger partial charge in [-0.05, 0) is 25.3 Å². The van der Waals surface area contributed by atoms with Gasteiger partial charge in [0.1, 0.15) is 5.01 Å². The number of hydrogen-bond donors (Lipinski definition) is 1. The van der Waals surface area contributed by atoms with Gasteiger partial charge in [0.25, 0.3) is 0 Å². The predicted molar refractivity (Wildman–Crippen MR) is 67.7 cm³/mol. The lowest BCUT2D eigenvalue weighted by molar-refractivity contribution is 0.319. The second kappa shape index (κ2) is 5.59. The summed E-state index contributed by atoms with van der Waals surface area (Å²) in [5.74, 6) is 0.839. The van der Waals surface area contributed by atoms with Gasteiger partial charge in [-0.2, -0.15) is 0 Å². The van der Waals surface area contributed by atoms with Crippen LogP contribution in [0, 0.1) is 5.92 Å². The minimum Gasteiger partial charge on any atom is -0.360 e. The van der Waals surface area contributed by atoms with Crippen LogP contribution in [0.4, 0.5) is 5.13 Å². The van der Waals surface area contributed by atoms with Crippen LogP contribution >= 0.6 is 11.3 Å². The first-order valence-corrected chi connectivity index (χ1v) is 6.88. The Bertz CT molecular complexity index is 326. The molecule has 1 unspecified atom stereocenters. The first-order chi connectivity index (χ1) is 7.78. The Morgan fingerprint density at radius 1 is 1.50 bits per heavy atom. The molecule has 1 fully saturated rings. The maximum atomic E-state index is 4.22. The lowest BCUT2D eigenvalue weighted by Crippen LogP contribution is -2.19. The summed E-state index contributed by atoms with van der Waals surface area (Å²) in [7, 11) is 0. The number of aromatic nitrogens is 2. The third-order valence-electron chi connectivity index (χ3n) is 2.86. The van der Waals surface area contributed by atoms with E-state index in [0.29, 0.717) is 0 Å². The average Bonchev–Trinajstić information content (AvgIpc) is 2.86. The normalized spacial score (nSPS) is 21.5. The van der Waals surface area contributed by atoms with Crippen molar-refractivity contribution in [3.05, 3.63) is 5.01 Å². The molecule has 0 aromatic carbocycles. The average molecular weight is 240 g/mol. The molecule has 1 aliphatic heterocycles. The van der Waals surface area contributed by atoms with E-state index in [-0.39, 0.29) is 0 Å². The predicted octanol–water partition coefficient (Wildman–Crippen LogP) is 2.20. The maximum Gasteiger partial charge on any atom is 0.205 e. The zero-order valence-electron chi connectivity index (χ0n) is 10.1. The van der Waals surface area contributed by atoms with Gasteiger partial charge in [-0.3, -0.25) is 4.90 Å². The Morgan fingerprint density at radius 3 is 3.06 bits per heavy atom. The molecule has 5 heteroatoms. The molecule has 0 spiro atoms. The Balaban J connectivity index is 1.83. The van der Waals surface area contributed by atoms with Gasteiger partial charge >= 0.3 is 0 Å². The Labute approximate surface area is 101 Å². The largest absolute Gasteiger partial charge is 0.360 e. The summed E-state index contributed by atoms with van der Waals surface area (Å²) in [6.07, 6.45) is 2.44. The Kier molecular flexibility index (Phi) is 4.12. The van der Waals surface area contributed by atoms with Crippen LogP contribution in [0.2, 0.25) is 0 Å². The van der Waals surface area contributed by atoms with E-state index in [1.54, 1.807) is 11.3 Å². The third-order valence-corrected chi connectivity index (χ3v) is 3.73. The van der Waals surface area contributed by atoms with E-state index >= 15 is 0 Å². The van der Waals surface area contributed by atoms with Crippen molar-refractivity contribution >= 4 is 16.5 Å². The van der Waals surface area contributed by atoms with Crippen LogP contribution in [0.3, 0.4) is 0 Å². The fraction of sp³-hybridized carbons (Fsp3) is 0.818. The van der Waals surface area contributed by atoms with E-state index in [0.717, 1.165) is 35.6 Å². The molecule has 16 heavy (non-hydrogen) atoms. The lowest BCUT2D eigenvalue weighted by Gasteiger charge is -2.11. The zero-order valence-corrected chi connectivity index (χ0v) is 10.9. The number of rotatable bonds is 5. The highest BCUT2D eigenvalue weighted by Gasteiger charge is 2.19. The molecule has 4 nitrogen and oxygen atoms in total. The summed E-state index contributed by atoms with van der Waals surface area (Å²) in [4.78, 5) is 2.47. The second-order valence-electron chi connectivity index (χ2n) is 4.56. The van der Waals surface area contributed by atoms with Crippen LogP contribution < -0.4 is 5.32 Å². The van der Waals surface area contributed by atoms with Crippen LogP contribution in [-0.4, -0.2) is 34.7 Å². The van der Waals surface area contributed by atoms with Gasteiger partial charge in [0.15, 0.2) is 0 Å². The molecule has 1 saturated heterocycles. The summed E-state index contributed by atoms with van der Waals surface area (Å²) in [6.45, 7) is 8.83. The van der Waals surface area contributed by atoms with Crippen molar-refractivity contribution in [1.82, 2.24) is 15.1 Å². The number of hydrogen-bond acceptors (Lipinski definition) is 5. The van der Waals surface area contributed by atoms with E-state index in [1.165, 1.54) is 19.5 Å². The van der Waals surface area contributed by atoms with Crippen LogP contribution in [0.1, 0.15) is 31.7 Å². The smallest absolute Gasteiger partial charge is 0.205 e. The fourth-order valence-electron chi connectivity index (χ4n) is 1.98. The van der Waals surface area contributed by atoms with Crippen molar-refractivity contribution in [3.8, 4) is 0 Å². The van der Waals surface area contributed by atoms with Crippen LogP contribution in [0.15, 0.2) is 0 Å². The molecule has 1 N–H and O–H groups in total. The molecule has 0 aliphatic carbocycles. The number of anilines is 1. The molecular formula is C11H20N4S. The van der Waals surface area contributed by atoms with Crippen molar-refractivity contribution in [2.75, 3.05) is 25.0 Å². The van der Waals surface area contributed by atoms with Crippen molar-refractivity contribution in [2.24, 2.45) is 5.92 Å². The summed E-state index contributed by atoms with van der Waals surface area (Å²) >= 11 is 1.69. The van der Waals surface area contributed by atoms with E-state index in [4.69, 9.17) is 0 Å². The Hall–Kier alpha value is -0.680. The minimum absolute atomic E-state index is 0.839. The minimum atomic E-state index is 0.839. The van der Waals surface area contributed by atoms with Gasteiger partial charge in [0.05, 0.1) is 6.54 Å². The molecule has 90 valence electrons. The standard InChI is InChI=1S/C11H20N4S/c1-3-5-12-11-14-13-10(16-11)8-15-6-4-9(2)7-15/h9H,3-8H2,1-2H3,(H,12,14). The van der Waals surface area contributed by atoms with Crippen LogP contribution in [-0.2, 0) is 6.54 Å². The molecule has 2 heterocycles. The summed E-state index contributed by atoms with van der Waals surface area (Å²) in [6, 6.07) is 0. The molecule has 1 aromatic rings. The quantitative estimate of drug-likeness (QED) is 0.856. The van der Waals surface area contributed by atoms with Crippen LogP contribution in [0.25, 0.3) is 0 Å². The topological polar surface area (TPSA) is 41.1 Å². The first kappa shape index (κ1) is 11.8.